The Balaban J connectivity index is 2.12. The fourth-order valence-electron chi connectivity index (χ4n) is 3.03. The predicted molar refractivity (Wildman–Crippen MR) is 80.6 cm³/mol. The van der Waals surface area contributed by atoms with Crippen LogP contribution in [0.4, 0.5) is 5.69 Å². The van der Waals surface area contributed by atoms with E-state index in [1.807, 2.05) is 0 Å². The van der Waals surface area contributed by atoms with E-state index in [1.165, 1.54) is 17.7 Å². The van der Waals surface area contributed by atoms with Gasteiger partial charge in [-0.3, -0.25) is 0 Å². The first-order valence-corrected chi connectivity index (χ1v) is 7.44. The van der Waals surface area contributed by atoms with E-state index in [1.54, 1.807) is 0 Å². The highest BCUT2D eigenvalue weighted by atomic mass is 16.3. The first-order chi connectivity index (χ1) is 9.26. The van der Waals surface area contributed by atoms with Crippen LogP contribution in [-0.2, 0) is 0 Å². The fourth-order valence-corrected chi connectivity index (χ4v) is 3.03. The largest absolute Gasteiger partial charge is 0.396 e. The van der Waals surface area contributed by atoms with Crippen LogP contribution in [0.5, 0.6) is 0 Å². The number of nitrogens with zero attached hydrogens (tertiary/aromatic N) is 1. The van der Waals surface area contributed by atoms with Gasteiger partial charge in [0.15, 0.2) is 0 Å². The number of rotatable bonds is 6. The van der Waals surface area contributed by atoms with Gasteiger partial charge in [0.25, 0.3) is 0 Å². The van der Waals surface area contributed by atoms with Crippen LogP contribution in [0, 0.1) is 5.92 Å². The van der Waals surface area contributed by atoms with E-state index in [0.717, 1.165) is 26.1 Å². The highest BCUT2D eigenvalue weighted by Crippen LogP contribution is 2.31. The summed E-state index contributed by atoms with van der Waals surface area (Å²) in [6.07, 6.45) is 2.13. The lowest BCUT2D eigenvalue weighted by molar-refractivity contribution is 0.263. The second-order valence-corrected chi connectivity index (χ2v) is 5.45. The van der Waals surface area contributed by atoms with E-state index in [9.17, 15) is 0 Å². The van der Waals surface area contributed by atoms with Crippen molar-refractivity contribution in [2.24, 2.45) is 5.92 Å². The van der Waals surface area contributed by atoms with E-state index in [-0.39, 0.29) is 0 Å². The van der Waals surface area contributed by atoms with Gasteiger partial charge in [0.1, 0.15) is 0 Å². The van der Waals surface area contributed by atoms with Crippen LogP contribution in [-0.4, -0.2) is 31.3 Å². The molecule has 0 aromatic heterocycles. The first-order valence-electron chi connectivity index (χ1n) is 7.44. The van der Waals surface area contributed by atoms with Crippen molar-refractivity contribution in [1.82, 2.24) is 5.32 Å². The van der Waals surface area contributed by atoms with Gasteiger partial charge < -0.3 is 15.3 Å². The standard InChI is InChI=1S/C16H26N2O/c1-3-17-13(2)15-6-4-5-7-16(15)18-10-8-14(12-18)9-11-19/h4-7,13-14,17,19H,3,8-12H2,1-2H3. The molecule has 1 fully saturated rings. The molecule has 1 aromatic rings. The van der Waals surface area contributed by atoms with Crippen LogP contribution in [0.3, 0.4) is 0 Å². The zero-order valence-electron chi connectivity index (χ0n) is 12.1. The van der Waals surface area contributed by atoms with Gasteiger partial charge in [-0.25, -0.2) is 0 Å². The summed E-state index contributed by atoms with van der Waals surface area (Å²) < 4.78 is 0. The Bertz CT molecular complexity index is 394. The molecule has 2 atom stereocenters. The molecule has 3 heteroatoms. The Morgan fingerprint density at radius 1 is 1.42 bits per heavy atom. The monoisotopic (exact) mass is 262 g/mol. The topological polar surface area (TPSA) is 35.5 Å². The number of aliphatic hydroxyl groups is 1. The molecular weight excluding hydrogens is 236 g/mol. The lowest BCUT2D eigenvalue weighted by atomic mass is 10.0. The SMILES string of the molecule is CCNC(C)c1ccccc1N1CCC(CCO)C1. The van der Waals surface area contributed by atoms with Crippen LogP contribution >= 0.6 is 0 Å². The summed E-state index contributed by atoms with van der Waals surface area (Å²) >= 11 is 0. The third-order valence-corrected chi connectivity index (χ3v) is 4.08. The molecule has 0 amide bonds. The minimum absolute atomic E-state index is 0.313. The van der Waals surface area contributed by atoms with Crippen molar-refractivity contribution in [2.45, 2.75) is 32.7 Å². The molecule has 1 aliphatic heterocycles. The van der Waals surface area contributed by atoms with E-state index >= 15 is 0 Å². The summed E-state index contributed by atoms with van der Waals surface area (Å²) in [5.74, 6) is 0.646. The number of nitrogens with one attached hydrogen (secondary N) is 1. The Morgan fingerprint density at radius 3 is 2.95 bits per heavy atom. The van der Waals surface area contributed by atoms with Gasteiger partial charge in [-0.1, -0.05) is 25.1 Å². The molecule has 0 bridgehead atoms. The molecule has 2 rings (SSSR count). The summed E-state index contributed by atoms with van der Waals surface area (Å²) in [7, 11) is 0. The Kier molecular flexibility index (Phi) is 5.23. The van der Waals surface area contributed by atoms with Gasteiger partial charge in [0.2, 0.25) is 0 Å². The van der Waals surface area contributed by atoms with Crippen molar-refractivity contribution < 1.29 is 5.11 Å². The average Bonchev–Trinajstić information content (AvgIpc) is 2.88. The average molecular weight is 262 g/mol. The Labute approximate surface area is 116 Å². The summed E-state index contributed by atoms with van der Waals surface area (Å²) in [5.41, 5.74) is 2.74. The summed E-state index contributed by atoms with van der Waals surface area (Å²) in [4.78, 5) is 2.48. The molecule has 1 heterocycles. The molecule has 3 nitrogen and oxygen atoms in total. The zero-order chi connectivity index (χ0) is 13.7. The van der Waals surface area contributed by atoms with Crippen molar-refractivity contribution >= 4 is 5.69 Å². The summed E-state index contributed by atoms with van der Waals surface area (Å²) in [6, 6.07) is 9.08. The smallest absolute Gasteiger partial charge is 0.0434 e. The minimum Gasteiger partial charge on any atom is -0.396 e. The number of para-hydroxylation sites is 1. The van der Waals surface area contributed by atoms with E-state index in [4.69, 9.17) is 5.11 Å². The normalized spacial score (nSPS) is 20.8. The summed E-state index contributed by atoms with van der Waals surface area (Å²) in [6.45, 7) is 7.86. The quantitative estimate of drug-likeness (QED) is 0.827. The van der Waals surface area contributed by atoms with Crippen molar-refractivity contribution in [3.63, 3.8) is 0 Å². The van der Waals surface area contributed by atoms with Crippen LogP contribution < -0.4 is 10.2 Å². The lowest BCUT2D eigenvalue weighted by Crippen LogP contribution is -2.25. The van der Waals surface area contributed by atoms with Crippen LogP contribution in [0.15, 0.2) is 24.3 Å². The molecule has 0 radical (unpaired) electrons. The van der Waals surface area contributed by atoms with Gasteiger partial charge >= 0.3 is 0 Å². The third-order valence-electron chi connectivity index (χ3n) is 4.08. The molecule has 106 valence electrons. The maximum absolute atomic E-state index is 9.07. The maximum atomic E-state index is 9.07. The van der Waals surface area contributed by atoms with Crippen LogP contribution in [0.1, 0.15) is 38.3 Å². The maximum Gasteiger partial charge on any atom is 0.0434 e. The molecule has 19 heavy (non-hydrogen) atoms. The van der Waals surface area contributed by atoms with Gasteiger partial charge in [-0.2, -0.15) is 0 Å². The van der Waals surface area contributed by atoms with Gasteiger partial charge in [0.05, 0.1) is 0 Å². The van der Waals surface area contributed by atoms with E-state index in [2.05, 4.69) is 48.3 Å². The molecule has 1 saturated heterocycles. The van der Waals surface area contributed by atoms with E-state index in [0.29, 0.717) is 18.6 Å². The molecule has 1 aliphatic rings. The Morgan fingerprint density at radius 2 is 2.21 bits per heavy atom. The lowest BCUT2D eigenvalue weighted by Gasteiger charge is -2.25. The van der Waals surface area contributed by atoms with Crippen LogP contribution in [0.25, 0.3) is 0 Å². The Hall–Kier alpha value is -1.06. The second kappa shape index (κ2) is 6.92. The highest BCUT2D eigenvalue weighted by molar-refractivity contribution is 5.55. The van der Waals surface area contributed by atoms with E-state index < -0.39 is 0 Å². The first kappa shape index (κ1) is 14.4. The second-order valence-electron chi connectivity index (χ2n) is 5.45. The molecular formula is C16H26N2O. The number of hydrogen-bond donors (Lipinski definition) is 2. The molecule has 0 aliphatic carbocycles. The molecule has 1 aromatic carbocycles. The van der Waals surface area contributed by atoms with Gasteiger partial charge in [-0.05, 0) is 43.9 Å². The molecule has 0 spiro atoms. The molecule has 2 unspecified atom stereocenters. The molecule has 0 saturated carbocycles. The van der Waals surface area contributed by atoms with Crippen molar-refractivity contribution in [3.8, 4) is 0 Å². The van der Waals surface area contributed by atoms with Crippen LogP contribution in [0.2, 0.25) is 0 Å². The fraction of sp³-hybridized carbons (Fsp3) is 0.625. The van der Waals surface area contributed by atoms with Crippen molar-refractivity contribution in [1.29, 1.82) is 0 Å². The highest BCUT2D eigenvalue weighted by Gasteiger charge is 2.24. The third kappa shape index (κ3) is 3.48. The van der Waals surface area contributed by atoms with Crippen molar-refractivity contribution in [3.05, 3.63) is 29.8 Å². The van der Waals surface area contributed by atoms with Crippen molar-refractivity contribution in [2.75, 3.05) is 31.1 Å². The number of anilines is 1. The molecule has 2 N–H and O–H groups in total. The number of benzene rings is 1. The van der Waals surface area contributed by atoms with Gasteiger partial charge in [-0.15, -0.1) is 0 Å². The number of aliphatic hydroxyl groups excluding tert-OH is 1. The zero-order valence-corrected chi connectivity index (χ0v) is 12.1. The summed E-state index contributed by atoms with van der Waals surface area (Å²) in [5, 5.41) is 12.6. The number of hydrogen-bond acceptors (Lipinski definition) is 3. The predicted octanol–water partition coefficient (Wildman–Crippen LogP) is 2.57. The minimum atomic E-state index is 0.313. The van der Waals surface area contributed by atoms with Gasteiger partial charge in [0, 0.05) is 31.4 Å².